The van der Waals surface area contributed by atoms with Crippen molar-refractivity contribution in [2.75, 3.05) is 18.0 Å². The zero-order valence-corrected chi connectivity index (χ0v) is 18.7. The number of fused-ring (bicyclic) bond motifs is 1. The Bertz CT molecular complexity index is 897. The van der Waals surface area contributed by atoms with E-state index in [1.165, 1.54) is 11.8 Å². The van der Waals surface area contributed by atoms with Crippen molar-refractivity contribution in [2.45, 2.75) is 51.9 Å². The number of amides is 2. The minimum absolute atomic E-state index is 0.127. The molecule has 1 N–H and O–H groups in total. The van der Waals surface area contributed by atoms with Gasteiger partial charge in [-0.15, -0.1) is 0 Å². The molecule has 1 fully saturated rings. The highest BCUT2D eigenvalue weighted by atomic mass is 32.2. The molecule has 0 atom stereocenters. The summed E-state index contributed by atoms with van der Waals surface area (Å²) in [5, 5.41) is 8.73. The van der Waals surface area contributed by atoms with Crippen LogP contribution in [0.5, 0.6) is 0 Å². The van der Waals surface area contributed by atoms with Crippen molar-refractivity contribution in [1.29, 1.82) is 0 Å². The van der Waals surface area contributed by atoms with E-state index in [-0.39, 0.29) is 18.2 Å². The molecule has 30 heavy (non-hydrogen) atoms. The van der Waals surface area contributed by atoms with E-state index in [9.17, 15) is 14.4 Å². The normalized spacial score (nSPS) is 18.5. The van der Waals surface area contributed by atoms with Crippen LogP contribution in [0.2, 0.25) is 0 Å². The van der Waals surface area contributed by atoms with Gasteiger partial charge in [0, 0.05) is 25.1 Å². The lowest BCUT2D eigenvalue weighted by Crippen LogP contribution is -2.30. The van der Waals surface area contributed by atoms with Gasteiger partial charge in [0.25, 0.3) is 11.8 Å². The van der Waals surface area contributed by atoms with Crippen molar-refractivity contribution in [3.8, 4) is 0 Å². The maximum atomic E-state index is 13.3. The summed E-state index contributed by atoms with van der Waals surface area (Å²) in [6.45, 7) is 3.20. The van der Waals surface area contributed by atoms with Crippen LogP contribution >= 0.6 is 24.0 Å². The van der Waals surface area contributed by atoms with Crippen molar-refractivity contribution >= 4 is 57.3 Å². The molecule has 0 aromatic heterocycles. The zero-order chi connectivity index (χ0) is 21.7. The molecule has 2 amide bonds. The lowest BCUT2D eigenvalue weighted by atomic mass is 10.1. The quantitative estimate of drug-likeness (QED) is 0.325. The van der Waals surface area contributed by atoms with Crippen molar-refractivity contribution in [2.24, 2.45) is 0 Å². The molecule has 1 saturated heterocycles. The van der Waals surface area contributed by atoms with Crippen molar-refractivity contribution in [1.82, 2.24) is 4.90 Å². The van der Waals surface area contributed by atoms with Crippen molar-refractivity contribution < 1.29 is 19.5 Å². The van der Waals surface area contributed by atoms with Crippen molar-refractivity contribution in [3.05, 3.63) is 34.7 Å². The van der Waals surface area contributed by atoms with Crippen LogP contribution in [0.1, 0.15) is 57.4 Å². The molecule has 0 bridgehead atoms. The van der Waals surface area contributed by atoms with Gasteiger partial charge in [-0.05, 0) is 25.3 Å². The summed E-state index contributed by atoms with van der Waals surface area (Å²) in [5.41, 5.74) is 2.10. The third-order valence-electron chi connectivity index (χ3n) is 5.26. The Morgan fingerprint density at radius 3 is 2.43 bits per heavy atom. The van der Waals surface area contributed by atoms with Crippen molar-refractivity contribution in [3.63, 3.8) is 0 Å². The fourth-order valence-corrected chi connectivity index (χ4v) is 5.09. The number of unbranched alkanes of at least 4 members (excludes halogenated alkanes) is 4. The Morgan fingerprint density at radius 2 is 1.70 bits per heavy atom. The molecule has 0 spiro atoms. The average Bonchev–Trinajstić information content (AvgIpc) is 3.15. The van der Waals surface area contributed by atoms with E-state index in [1.807, 2.05) is 24.3 Å². The molecule has 0 radical (unpaired) electrons. The summed E-state index contributed by atoms with van der Waals surface area (Å²) < 4.78 is 0.454. The monoisotopic (exact) mass is 446 g/mol. The summed E-state index contributed by atoms with van der Waals surface area (Å²) in [7, 11) is 0. The number of hydrogen-bond acceptors (Lipinski definition) is 5. The topological polar surface area (TPSA) is 77.9 Å². The molecule has 6 nitrogen and oxygen atoms in total. The van der Waals surface area contributed by atoms with Gasteiger partial charge in [0.15, 0.2) is 0 Å². The van der Waals surface area contributed by atoms with E-state index >= 15 is 0 Å². The summed E-state index contributed by atoms with van der Waals surface area (Å²) in [6, 6.07) is 7.60. The highest BCUT2D eigenvalue weighted by Crippen LogP contribution is 2.44. The number of rotatable bonds is 10. The number of benzene rings is 1. The van der Waals surface area contributed by atoms with Crippen LogP contribution < -0.4 is 4.90 Å². The summed E-state index contributed by atoms with van der Waals surface area (Å²) in [4.78, 5) is 40.7. The zero-order valence-electron chi connectivity index (χ0n) is 17.1. The van der Waals surface area contributed by atoms with E-state index in [2.05, 4.69) is 6.92 Å². The number of thiocarbonyl (C=S) groups is 1. The van der Waals surface area contributed by atoms with Crippen LogP contribution in [0.25, 0.3) is 5.57 Å². The molecule has 2 aliphatic rings. The fraction of sp³-hybridized carbons (Fsp3) is 0.455. The second-order valence-electron chi connectivity index (χ2n) is 7.41. The third kappa shape index (κ3) is 4.75. The van der Waals surface area contributed by atoms with E-state index in [4.69, 9.17) is 17.3 Å². The molecule has 3 rings (SSSR count). The van der Waals surface area contributed by atoms with Crippen LogP contribution in [0.4, 0.5) is 5.69 Å². The molecule has 0 saturated carbocycles. The van der Waals surface area contributed by atoms with Crippen LogP contribution in [0, 0.1) is 0 Å². The average molecular weight is 447 g/mol. The smallest absolute Gasteiger partial charge is 0.303 e. The van der Waals surface area contributed by atoms with E-state index in [1.54, 1.807) is 9.80 Å². The van der Waals surface area contributed by atoms with Crippen LogP contribution in [0.3, 0.4) is 0 Å². The minimum Gasteiger partial charge on any atom is -0.481 e. The third-order valence-corrected chi connectivity index (χ3v) is 6.71. The highest BCUT2D eigenvalue weighted by molar-refractivity contribution is 8.26. The molecule has 8 heteroatoms. The lowest BCUT2D eigenvalue weighted by Gasteiger charge is -2.16. The predicted molar refractivity (Wildman–Crippen MR) is 123 cm³/mol. The van der Waals surface area contributed by atoms with E-state index in [0.717, 1.165) is 30.5 Å². The maximum Gasteiger partial charge on any atom is 0.303 e. The molecule has 0 aliphatic carbocycles. The minimum atomic E-state index is -0.813. The standard InChI is InChI=1S/C22H26N2O4S2/c1-2-3-8-13-23-16-11-7-6-10-15(16)18(20(23)27)19-21(28)24(22(29)30-19)14-9-4-5-12-17(25)26/h6-7,10-11H,2-5,8-9,12-14H2,1H3,(H,25,26)/b19-18-. The highest BCUT2D eigenvalue weighted by Gasteiger charge is 2.41. The number of carbonyl (C=O) groups excluding carboxylic acids is 2. The van der Waals surface area contributed by atoms with Gasteiger partial charge in [-0.2, -0.15) is 0 Å². The van der Waals surface area contributed by atoms with Gasteiger partial charge in [-0.3, -0.25) is 19.3 Å². The molecule has 160 valence electrons. The first-order valence-corrected chi connectivity index (χ1v) is 11.6. The lowest BCUT2D eigenvalue weighted by molar-refractivity contribution is -0.137. The summed E-state index contributed by atoms with van der Waals surface area (Å²) in [6.07, 6.45) is 5.12. The number of hydrogen-bond donors (Lipinski definition) is 1. The Morgan fingerprint density at radius 1 is 1.00 bits per heavy atom. The molecule has 2 aliphatic heterocycles. The van der Waals surface area contributed by atoms with Crippen LogP contribution in [-0.2, 0) is 14.4 Å². The number of carboxylic acid groups (broad SMARTS) is 1. The van der Waals surface area contributed by atoms with Gasteiger partial charge >= 0.3 is 5.97 Å². The number of anilines is 1. The Hall–Kier alpha value is -2.19. The number of carboxylic acids is 1. The number of para-hydroxylation sites is 1. The van der Waals surface area contributed by atoms with Gasteiger partial charge in [0.1, 0.15) is 4.32 Å². The molecule has 2 heterocycles. The molecule has 1 aromatic rings. The van der Waals surface area contributed by atoms with Gasteiger partial charge in [-0.25, -0.2) is 0 Å². The first-order chi connectivity index (χ1) is 14.5. The fourth-order valence-electron chi connectivity index (χ4n) is 3.71. The van der Waals surface area contributed by atoms with Gasteiger partial charge in [0.05, 0.1) is 16.2 Å². The summed E-state index contributed by atoms with van der Waals surface area (Å²) >= 11 is 6.61. The number of nitrogens with zero attached hydrogens (tertiary/aromatic N) is 2. The number of carbonyl (C=O) groups is 3. The Balaban J connectivity index is 1.78. The molecular weight excluding hydrogens is 420 g/mol. The maximum absolute atomic E-state index is 13.3. The molecule has 0 unspecified atom stereocenters. The largest absolute Gasteiger partial charge is 0.481 e. The van der Waals surface area contributed by atoms with E-state index < -0.39 is 5.97 Å². The molecular formula is C22H26N2O4S2. The number of thioether (sulfide) groups is 1. The van der Waals surface area contributed by atoms with Crippen LogP contribution in [-0.4, -0.2) is 45.2 Å². The first kappa shape index (κ1) is 22.5. The second-order valence-corrected chi connectivity index (χ2v) is 9.06. The Labute approximate surface area is 186 Å². The van der Waals surface area contributed by atoms with Gasteiger partial charge in [0.2, 0.25) is 0 Å². The predicted octanol–water partition coefficient (Wildman–Crippen LogP) is 4.44. The van der Waals surface area contributed by atoms with Gasteiger partial charge < -0.3 is 10.0 Å². The molecule has 1 aromatic carbocycles. The van der Waals surface area contributed by atoms with Crippen LogP contribution in [0.15, 0.2) is 29.2 Å². The summed E-state index contributed by atoms with van der Waals surface area (Å²) in [5.74, 6) is -1.17. The first-order valence-electron chi connectivity index (χ1n) is 10.4. The second kappa shape index (κ2) is 10.2. The SMILES string of the molecule is CCCCCN1C(=O)/C(=C2\SC(=S)N(CCCCCC(=O)O)C2=O)c2ccccc21. The number of aliphatic carboxylic acids is 1. The Kier molecular flexibility index (Phi) is 7.66. The van der Waals surface area contributed by atoms with E-state index in [0.29, 0.717) is 47.2 Å². The van der Waals surface area contributed by atoms with Gasteiger partial charge in [-0.1, -0.05) is 68.4 Å².